The highest BCUT2D eigenvalue weighted by Crippen LogP contribution is 2.59. The van der Waals surface area contributed by atoms with Gasteiger partial charge < -0.3 is 25.3 Å². The van der Waals surface area contributed by atoms with Crippen molar-refractivity contribution in [3.8, 4) is 0 Å². The molecule has 2 unspecified atom stereocenters. The molecule has 3 N–H and O–H groups in total. The Morgan fingerprint density at radius 2 is 1.64 bits per heavy atom. The van der Waals surface area contributed by atoms with E-state index in [-0.39, 0.29) is 35.7 Å². The van der Waals surface area contributed by atoms with E-state index in [0.29, 0.717) is 12.0 Å². The van der Waals surface area contributed by atoms with Crippen molar-refractivity contribution in [2.45, 2.75) is 77.2 Å². The summed E-state index contributed by atoms with van der Waals surface area (Å²) in [4.78, 5) is 26.6. The molecular formula is C25H42N3O4P. The maximum Gasteiger partial charge on any atom is 0.313 e. The molecule has 0 saturated heterocycles. The van der Waals surface area contributed by atoms with Crippen molar-refractivity contribution in [3.63, 3.8) is 0 Å². The lowest BCUT2D eigenvalue weighted by Crippen LogP contribution is -2.55. The Morgan fingerprint density at radius 3 is 2.12 bits per heavy atom. The highest BCUT2D eigenvalue weighted by molar-refractivity contribution is 7.82. The first kappa shape index (κ1) is 27.7. The van der Waals surface area contributed by atoms with Crippen LogP contribution in [0.5, 0.6) is 0 Å². The van der Waals surface area contributed by atoms with Crippen LogP contribution in [-0.2, 0) is 14.1 Å². The van der Waals surface area contributed by atoms with Crippen LogP contribution >= 0.6 is 7.14 Å². The molecule has 0 aliphatic heterocycles. The Kier molecular flexibility index (Phi) is 9.86. The van der Waals surface area contributed by atoms with E-state index < -0.39 is 13.1 Å². The average Bonchev–Trinajstić information content (AvgIpc) is 3.31. The summed E-state index contributed by atoms with van der Waals surface area (Å²) >= 11 is 0. The van der Waals surface area contributed by atoms with Gasteiger partial charge in [0.2, 0.25) is 5.52 Å². The van der Waals surface area contributed by atoms with Gasteiger partial charge in [-0.3, -0.25) is 9.59 Å². The van der Waals surface area contributed by atoms with Crippen molar-refractivity contribution in [1.82, 2.24) is 16.0 Å². The smallest absolute Gasteiger partial charge is 0.313 e. The number of nitrogens with one attached hydrogen (secondary N) is 3. The Labute approximate surface area is 199 Å². The van der Waals surface area contributed by atoms with Crippen LogP contribution < -0.4 is 16.0 Å². The molecule has 2 atom stereocenters. The first-order chi connectivity index (χ1) is 15.5. The number of rotatable bonds is 12. The van der Waals surface area contributed by atoms with E-state index in [9.17, 15) is 14.2 Å². The third-order valence-electron chi connectivity index (χ3n) is 7.13. The third-order valence-corrected chi connectivity index (χ3v) is 10.5. The van der Waals surface area contributed by atoms with Gasteiger partial charge in [0.1, 0.15) is 12.8 Å². The molecule has 1 aliphatic rings. The van der Waals surface area contributed by atoms with E-state index in [1.807, 2.05) is 61.0 Å². The third kappa shape index (κ3) is 6.75. The highest BCUT2D eigenvalue weighted by Gasteiger charge is 2.44. The molecule has 186 valence electrons. The molecule has 2 rings (SSSR count). The summed E-state index contributed by atoms with van der Waals surface area (Å²) in [7, 11) is 2.07. The molecule has 8 heteroatoms. The fourth-order valence-corrected chi connectivity index (χ4v) is 8.03. The second kappa shape index (κ2) is 11.7. The Balaban J connectivity index is 2.21. The molecular weight excluding hydrogens is 437 g/mol. The van der Waals surface area contributed by atoms with Gasteiger partial charge in [-0.05, 0) is 79.2 Å². The number of hydrogen-bond acceptors (Lipinski definition) is 7. The van der Waals surface area contributed by atoms with Gasteiger partial charge in [-0.15, -0.1) is 0 Å². The second-order valence-electron chi connectivity index (χ2n) is 9.68. The standard InChI is InChI=1S/C25H42N3O4P/c1-17-12-18(2)23(19(3)13-17)24(30)33(31,21-10-8-9-11-21)16-22(29)32-15-20(26-5)14-25(4,27-6)28-7/h12-13,20-21,26-28H,8-11,14-16H2,1-7H3. The van der Waals surface area contributed by atoms with Crippen molar-refractivity contribution < 1.29 is 18.9 Å². The SMILES string of the molecule is CNC(COC(=O)CP(=O)(C(=O)c1c(C)cc(C)cc1C)C1CCCC1)CC(C)(NC)NC. The van der Waals surface area contributed by atoms with E-state index in [1.165, 1.54) is 0 Å². The highest BCUT2D eigenvalue weighted by atomic mass is 31.2. The lowest BCUT2D eigenvalue weighted by atomic mass is 10.0. The van der Waals surface area contributed by atoms with Gasteiger partial charge in [-0.25, -0.2) is 0 Å². The van der Waals surface area contributed by atoms with Crippen LogP contribution in [0, 0.1) is 20.8 Å². The maximum absolute atomic E-state index is 14.3. The molecule has 7 nitrogen and oxygen atoms in total. The van der Waals surface area contributed by atoms with Crippen LogP contribution in [0.2, 0.25) is 0 Å². The predicted molar refractivity (Wildman–Crippen MR) is 135 cm³/mol. The van der Waals surface area contributed by atoms with E-state index in [2.05, 4.69) is 16.0 Å². The van der Waals surface area contributed by atoms with E-state index >= 15 is 0 Å². The van der Waals surface area contributed by atoms with Crippen LogP contribution in [0.25, 0.3) is 0 Å². The van der Waals surface area contributed by atoms with Crippen LogP contribution in [0.3, 0.4) is 0 Å². The molecule has 0 spiro atoms. The normalized spacial score (nSPS) is 17.5. The van der Waals surface area contributed by atoms with Crippen molar-refractivity contribution in [3.05, 3.63) is 34.4 Å². The Morgan fingerprint density at radius 1 is 1.09 bits per heavy atom. The summed E-state index contributed by atoms with van der Waals surface area (Å²) in [6, 6.07) is 3.78. The zero-order valence-corrected chi connectivity index (χ0v) is 22.2. The molecule has 33 heavy (non-hydrogen) atoms. The topological polar surface area (TPSA) is 96.5 Å². The van der Waals surface area contributed by atoms with Crippen molar-refractivity contribution in [1.29, 1.82) is 0 Å². The summed E-state index contributed by atoms with van der Waals surface area (Å²) in [6.45, 7) is 7.91. The molecule has 0 heterocycles. The summed E-state index contributed by atoms with van der Waals surface area (Å²) in [5.74, 6) is -0.558. The lowest BCUT2D eigenvalue weighted by molar-refractivity contribution is -0.141. The summed E-state index contributed by atoms with van der Waals surface area (Å²) in [5.41, 5.74) is 2.28. The van der Waals surface area contributed by atoms with E-state index in [0.717, 1.165) is 42.4 Å². The van der Waals surface area contributed by atoms with Crippen LogP contribution in [0.4, 0.5) is 0 Å². The van der Waals surface area contributed by atoms with Gasteiger partial charge in [0.25, 0.3) is 0 Å². The molecule has 0 radical (unpaired) electrons. The summed E-state index contributed by atoms with van der Waals surface area (Å²) in [6.07, 6.45) is 3.68. The number of carbonyl (C=O) groups excluding carboxylic acids is 2. The van der Waals surface area contributed by atoms with Crippen LogP contribution in [-0.4, -0.2) is 62.8 Å². The van der Waals surface area contributed by atoms with Gasteiger partial charge in [-0.2, -0.15) is 0 Å². The fourth-order valence-electron chi connectivity index (χ4n) is 4.89. The minimum Gasteiger partial charge on any atom is -0.464 e. The molecule has 0 aromatic heterocycles. The quantitative estimate of drug-likeness (QED) is 0.239. The molecule has 1 saturated carbocycles. The van der Waals surface area contributed by atoms with Crippen molar-refractivity contribution in [2.75, 3.05) is 33.9 Å². The number of aryl methyl sites for hydroxylation is 3. The van der Waals surface area contributed by atoms with Gasteiger partial charge in [0.15, 0.2) is 7.14 Å². The zero-order valence-electron chi connectivity index (χ0n) is 21.3. The van der Waals surface area contributed by atoms with Gasteiger partial charge in [0.05, 0.1) is 5.66 Å². The molecule has 0 bridgehead atoms. The number of carbonyl (C=O) groups is 2. The number of esters is 1. The predicted octanol–water partition coefficient (Wildman–Crippen LogP) is 3.73. The minimum absolute atomic E-state index is 0.0954. The van der Waals surface area contributed by atoms with Gasteiger partial charge in [-0.1, -0.05) is 30.5 Å². The van der Waals surface area contributed by atoms with Crippen molar-refractivity contribution in [2.24, 2.45) is 0 Å². The average molecular weight is 480 g/mol. The van der Waals surface area contributed by atoms with Crippen LogP contribution in [0.1, 0.15) is 66.1 Å². The van der Waals surface area contributed by atoms with Crippen molar-refractivity contribution >= 4 is 18.6 Å². The zero-order chi connectivity index (χ0) is 24.8. The lowest BCUT2D eigenvalue weighted by Gasteiger charge is -2.32. The number of likely N-dealkylation sites (N-methyl/N-ethyl adjacent to an activating group) is 1. The minimum atomic E-state index is -3.48. The molecule has 1 fully saturated rings. The molecule has 1 aliphatic carbocycles. The second-order valence-corrected chi connectivity index (χ2v) is 12.7. The Hall–Kier alpha value is -1.53. The molecule has 1 aromatic carbocycles. The first-order valence-corrected chi connectivity index (χ1v) is 13.9. The number of benzene rings is 1. The largest absolute Gasteiger partial charge is 0.464 e. The number of ether oxygens (including phenoxy) is 1. The monoisotopic (exact) mass is 479 g/mol. The maximum atomic E-state index is 14.3. The first-order valence-electron chi connectivity index (χ1n) is 11.9. The number of hydrogen-bond donors (Lipinski definition) is 3. The fraction of sp³-hybridized carbons (Fsp3) is 0.680. The van der Waals surface area contributed by atoms with Gasteiger partial charge in [0, 0.05) is 17.3 Å². The summed E-state index contributed by atoms with van der Waals surface area (Å²) < 4.78 is 19.8. The Bertz CT molecular complexity index is 869. The molecule has 1 aromatic rings. The van der Waals surface area contributed by atoms with Gasteiger partial charge >= 0.3 is 5.97 Å². The van der Waals surface area contributed by atoms with E-state index in [4.69, 9.17) is 4.74 Å². The summed E-state index contributed by atoms with van der Waals surface area (Å²) in [5, 5.41) is 9.62. The molecule has 0 amide bonds. The van der Waals surface area contributed by atoms with Crippen LogP contribution in [0.15, 0.2) is 12.1 Å². The van der Waals surface area contributed by atoms with E-state index in [1.54, 1.807) is 0 Å².